The molecule has 0 atom stereocenters. The Morgan fingerprint density at radius 2 is 1.61 bits per heavy atom. The molecule has 2 amide bonds. The number of amides is 2. The minimum absolute atomic E-state index is 0.0259. The Kier molecular flexibility index (Phi) is 8.20. The Bertz CT molecular complexity index is 1430. The zero-order valence-electron chi connectivity index (χ0n) is 19.5. The van der Waals surface area contributed by atoms with Gasteiger partial charge in [-0.15, -0.1) is 24.9 Å². The summed E-state index contributed by atoms with van der Waals surface area (Å²) in [6.07, 6.45) is -2.99. The Morgan fingerprint density at radius 3 is 2.29 bits per heavy atom. The van der Waals surface area contributed by atoms with E-state index in [-0.39, 0.29) is 18.2 Å². The number of fused-ring (bicyclic) bond motifs is 1. The highest BCUT2D eigenvalue weighted by Gasteiger charge is 2.31. The number of nitrogens with one attached hydrogen (secondary N) is 2. The number of carbonyl (C=O) groups excluding carboxylic acids is 2. The Morgan fingerprint density at radius 1 is 0.921 bits per heavy atom. The van der Waals surface area contributed by atoms with Crippen LogP contribution in [-0.2, 0) is 11.3 Å². The fourth-order valence-electron chi connectivity index (χ4n) is 3.69. The number of aromatic nitrogens is 1. The van der Waals surface area contributed by atoms with Crippen molar-refractivity contribution >= 4 is 40.2 Å². The van der Waals surface area contributed by atoms with Crippen LogP contribution >= 0.6 is 11.8 Å². The fourth-order valence-corrected chi connectivity index (χ4v) is 4.58. The van der Waals surface area contributed by atoms with E-state index in [1.54, 1.807) is 0 Å². The van der Waals surface area contributed by atoms with Crippen molar-refractivity contribution in [1.29, 1.82) is 0 Å². The lowest BCUT2D eigenvalue weighted by molar-refractivity contribution is -0.274. The van der Waals surface area contributed by atoms with E-state index in [0.717, 1.165) is 40.1 Å². The summed E-state index contributed by atoms with van der Waals surface area (Å²) >= 11 is 1.26. The molecule has 0 aliphatic heterocycles. The van der Waals surface area contributed by atoms with Crippen LogP contribution in [0.1, 0.15) is 10.4 Å². The highest BCUT2D eigenvalue weighted by molar-refractivity contribution is 8.00. The van der Waals surface area contributed by atoms with Gasteiger partial charge in [0, 0.05) is 40.8 Å². The second kappa shape index (κ2) is 11.5. The van der Waals surface area contributed by atoms with E-state index in [2.05, 4.69) is 15.4 Å². The van der Waals surface area contributed by atoms with Gasteiger partial charge in [-0.1, -0.05) is 24.3 Å². The van der Waals surface area contributed by atoms with Gasteiger partial charge in [-0.2, -0.15) is 0 Å². The van der Waals surface area contributed by atoms with Crippen molar-refractivity contribution in [2.24, 2.45) is 0 Å². The summed E-state index contributed by atoms with van der Waals surface area (Å²) in [6, 6.07) is 15.4. The molecule has 0 aliphatic rings. The monoisotopic (exact) mass is 549 g/mol. The molecule has 0 bridgehead atoms. The number of halogens is 5. The molecule has 1 aromatic heterocycles. The SMILES string of the molecule is O=C(CSc1cn(CCNC(=O)c2c(F)cccc2F)c2ccccc12)Nc1ccc(OC(F)(F)F)cc1. The van der Waals surface area contributed by atoms with Crippen molar-refractivity contribution < 1.29 is 36.3 Å². The number of hydrogen-bond acceptors (Lipinski definition) is 4. The highest BCUT2D eigenvalue weighted by Crippen LogP contribution is 2.30. The van der Waals surface area contributed by atoms with E-state index in [0.29, 0.717) is 12.2 Å². The van der Waals surface area contributed by atoms with Crippen LogP contribution in [0.15, 0.2) is 77.8 Å². The first-order chi connectivity index (χ1) is 18.1. The number of ether oxygens (including phenoxy) is 1. The maximum atomic E-state index is 13.8. The Balaban J connectivity index is 1.36. The second-order valence-electron chi connectivity index (χ2n) is 7.97. The van der Waals surface area contributed by atoms with Crippen LogP contribution in [0.25, 0.3) is 10.9 Å². The molecule has 2 N–H and O–H groups in total. The number of carbonyl (C=O) groups is 2. The molecule has 0 unspecified atom stereocenters. The quantitative estimate of drug-likeness (QED) is 0.199. The van der Waals surface area contributed by atoms with Crippen LogP contribution in [0, 0.1) is 11.6 Å². The predicted molar refractivity (Wildman–Crippen MR) is 133 cm³/mol. The van der Waals surface area contributed by atoms with Crippen LogP contribution in [0.4, 0.5) is 27.6 Å². The molecule has 0 radical (unpaired) electrons. The lowest BCUT2D eigenvalue weighted by Crippen LogP contribution is -2.28. The van der Waals surface area contributed by atoms with Gasteiger partial charge < -0.3 is 19.9 Å². The average molecular weight is 550 g/mol. The van der Waals surface area contributed by atoms with Crippen LogP contribution in [0.5, 0.6) is 5.75 Å². The molecule has 3 aromatic carbocycles. The molecule has 0 saturated heterocycles. The number of hydrogen-bond donors (Lipinski definition) is 2. The number of rotatable bonds is 9. The average Bonchev–Trinajstić information content (AvgIpc) is 3.21. The molecule has 0 saturated carbocycles. The summed E-state index contributed by atoms with van der Waals surface area (Å²) in [4.78, 5) is 25.5. The highest BCUT2D eigenvalue weighted by atomic mass is 32.2. The Hall–Kier alpha value is -4.06. The number of anilines is 1. The lowest BCUT2D eigenvalue weighted by atomic mass is 10.2. The van der Waals surface area contributed by atoms with Crippen LogP contribution in [0.3, 0.4) is 0 Å². The number of nitrogens with zero attached hydrogens (tertiary/aromatic N) is 1. The van der Waals surface area contributed by atoms with E-state index in [1.165, 1.54) is 30.0 Å². The Labute approximate surface area is 217 Å². The van der Waals surface area contributed by atoms with E-state index >= 15 is 0 Å². The number of alkyl halides is 3. The topological polar surface area (TPSA) is 72.4 Å². The third-order valence-electron chi connectivity index (χ3n) is 5.31. The largest absolute Gasteiger partial charge is 0.573 e. The summed E-state index contributed by atoms with van der Waals surface area (Å²) in [7, 11) is 0. The van der Waals surface area contributed by atoms with Gasteiger partial charge in [0.1, 0.15) is 22.9 Å². The molecule has 6 nitrogen and oxygen atoms in total. The van der Waals surface area contributed by atoms with Crippen molar-refractivity contribution in [3.8, 4) is 5.75 Å². The van der Waals surface area contributed by atoms with Gasteiger partial charge in [0.05, 0.1) is 5.75 Å². The third kappa shape index (κ3) is 6.82. The van der Waals surface area contributed by atoms with Crippen LogP contribution in [-0.4, -0.2) is 35.0 Å². The minimum atomic E-state index is -4.80. The van der Waals surface area contributed by atoms with Crippen LogP contribution in [0.2, 0.25) is 0 Å². The van der Waals surface area contributed by atoms with E-state index < -0.39 is 35.2 Å². The molecule has 12 heteroatoms. The third-order valence-corrected chi connectivity index (χ3v) is 6.35. The number of benzene rings is 3. The summed E-state index contributed by atoms with van der Waals surface area (Å²) in [5.41, 5.74) is 0.506. The van der Waals surface area contributed by atoms with E-state index in [4.69, 9.17) is 0 Å². The molecule has 0 fully saturated rings. The molecule has 4 aromatic rings. The van der Waals surface area contributed by atoms with Gasteiger partial charge in [0.25, 0.3) is 5.91 Å². The van der Waals surface area contributed by atoms with Crippen molar-refractivity contribution in [3.05, 3.63) is 90.1 Å². The molecular weight excluding hydrogens is 529 g/mol. The van der Waals surface area contributed by atoms with Crippen molar-refractivity contribution in [1.82, 2.24) is 9.88 Å². The fraction of sp³-hybridized carbons (Fsp3) is 0.154. The zero-order valence-corrected chi connectivity index (χ0v) is 20.3. The first-order valence-electron chi connectivity index (χ1n) is 11.2. The summed E-state index contributed by atoms with van der Waals surface area (Å²) in [5.74, 6) is -3.49. The van der Waals surface area contributed by atoms with E-state index in [9.17, 15) is 31.5 Å². The van der Waals surface area contributed by atoms with Crippen molar-refractivity contribution in [2.75, 3.05) is 17.6 Å². The van der Waals surface area contributed by atoms with Gasteiger partial charge in [-0.05, 0) is 42.5 Å². The van der Waals surface area contributed by atoms with Crippen molar-refractivity contribution in [3.63, 3.8) is 0 Å². The standard InChI is InChI=1S/C26H20F5N3O3S/c27-19-5-3-6-20(28)24(19)25(36)32-12-13-34-14-22(18-4-1-2-7-21(18)34)38-15-23(35)33-16-8-10-17(11-9-16)37-26(29,30)31/h1-11,14H,12-13,15H2,(H,32,36)(H,33,35). The molecule has 0 aliphatic carbocycles. The number of thioether (sulfide) groups is 1. The molecule has 1 heterocycles. The van der Waals surface area contributed by atoms with Crippen LogP contribution < -0.4 is 15.4 Å². The first-order valence-corrected chi connectivity index (χ1v) is 12.2. The van der Waals surface area contributed by atoms with Crippen molar-refractivity contribution in [2.45, 2.75) is 17.8 Å². The van der Waals surface area contributed by atoms with E-state index in [1.807, 2.05) is 35.0 Å². The normalized spacial score (nSPS) is 11.4. The minimum Gasteiger partial charge on any atom is -0.406 e. The first kappa shape index (κ1) is 27.0. The molecule has 38 heavy (non-hydrogen) atoms. The van der Waals surface area contributed by atoms with Gasteiger partial charge in [0.15, 0.2) is 0 Å². The predicted octanol–water partition coefficient (Wildman–Crippen LogP) is 5.98. The lowest BCUT2D eigenvalue weighted by Gasteiger charge is -2.10. The molecular formula is C26H20F5N3O3S. The maximum absolute atomic E-state index is 13.8. The zero-order chi connectivity index (χ0) is 27.3. The summed E-state index contributed by atoms with van der Waals surface area (Å²) < 4.78 is 70.2. The van der Waals surface area contributed by atoms with Gasteiger partial charge in [-0.25, -0.2) is 8.78 Å². The summed E-state index contributed by atoms with van der Waals surface area (Å²) in [5, 5.41) is 6.00. The molecule has 4 rings (SSSR count). The smallest absolute Gasteiger partial charge is 0.406 e. The second-order valence-corrected chi connectivity index (χ2v) is 8.98. The summed E-state index contributed by atoms with van der Waals surface area (Å²) in [6.45, 7) is 0.408. The van der Waals surface area contributed by atoms with Gasteiger partial charge in [-0.3, -0.25) is 9.59 Å². The molecule has 198 valence electrons. The maximum Gasteiger partial charge on any atom is 0.573 e. The van der Waals surface area contributed by atoms with Gasteiger partial charge in [0.2, 0.25) is 5.91 Å². The van der Waals surface area contributed by atoms with Gasteiger partial charge >= 0.3 is 6.36 Å². The number of para-hydroxylation sites is 1. The molecule has 0 spiro atoms.